The highest BCUT2D eigenvalue weighted by Gasteiger charge is 2.12. The third-order valence-corrected chi connectivity index (χ3v) is 3.19. The Labute approximate surface area is 103 Å². The number of halogens is 1. The summed E-state index contributed by atoms with van der Waals surface area (Å²) in [7, 11) is 0. The van der Waals surface area contributed by atoms with Gasteiger partial charge in [-0.25, -0.2) is 0 Å². The number of aryl methyl sites for hydroxylation is 1. The number of pyridine rings is 1. The summed E-state index contributed by atoms with van der Waals surface area (Å²) in [5.41, 5.74) is 1.19. The van der Waals surface area contributed by atoms with Crippen LogP contribution < -0.4 is 5.32 Å². The van der Waals surface area contributed by atoms with Gasteiger partial charge in [0.25, 0.3) is 0 Å². The van der Waals surface area contributed by atoms with Crippen LogP contribution in [0.25, 0.3) is 0 Å². The van der Waals surface area contributed by atoms with Gasteiger partial charge >= 0.3 is 0 Å². The summed E-state index contributed by atoms with van der Waals surface area (Å²) in [6.45, 7) is 7.67. The summed E-state index contributed by atoms with van der Waals surface area (Å²) >= 11 is 6.08. The second-order valence-electron chi connectivity index (χ2n) is 4.41. The molecule has 1 aromatic rings. The van der Waals surface area contributed by atoms with Crippen molar-refractivity contribution >= 4 is 11.6 Å². The van der Waals surface area contributed by atoms with Gasteiger partial charge in [0.05, 0.1) is 5.02 Å². The van der Waals surface area contributed by atoms with Gasteiger partial charge in [-0.1, -0.05) is 32.4 Å². The Bertz CT molecular complexity index is 313. The van der Waals surface area contributed by atoms with Gasteiger partial charge in [-0.05, 0) is 36.9 Å². The maximum Gasteiger partial charge on any atom is 0.0621 e. The molecular weight excluding hydrogens is 220 g/mol. The number of hydrogen-bond donors (Lipinski definition) is 1. The number of hydrogen-bond acceptors (Lipinski definition) is 2. The zero-order valence-electron chi connectivity index (χ0n) is 10.3. The Balaban J connectivity index is 2.52. The summed E-state index contributed by atoms with van der Waals surface area (Å²) in [4.78, 5) is 4.00. The van der Waals surface area contributed by atoms with Crippen LogP contribution in [-0.4, -0.2) is 17.6 Å². The maximum atomic E-state index is 6.08. The molecule has 0 bridgehead atoms. The van der Waals surface area contributed by atoms with Gasteiger partial charge in [-0.3, -0.25) is 4.98 Å². The maximum absolute atomic E-state index is 6.08. The second kappa shape index (κ2) is 6.87. The SMILES string of the molecule is CCNC(CCc1ccncc1Cl)C(C)C. The van der Waals surface area contributed by atoms with Crippen molar-refractivity contribution in [3.05, 3.63) is 29.0 Å². The molecule has 1 unspecified atom stereocenters. The molecule has 1 aromatic heterocycles. The van der Waals surface area contributed by atoms with Crippen molar-refractivity contribution in [3.8, 4) is 0 Å². The average Bonchev–Trinajstić information content (AvgIpc) is 2.26. The smallest absolute Gasteiger partial charge is 0.0621 e. The molecule has 0 aromatic carbocycles. The number of nitrogens with one attached hydrogen (secondary N) is 1. The van der Waals surface area contributed by atoms with E-state index in [2.05, 4.69) is 31.1 Å². The fraction of sp³-hybridized carbons (Fsp3) is 0.615. The molecule has 0 aliphatic carbocycles. The van der Waals surface area contributed by atoms with E-state index in [0.29, 0.717) is 12.0 Å². The molecule has 0 spiro atoms. The third-order valence-electron chi connectivity index (χ3n) is 2.85. The minimum absolute atomic E-state index is 0.564. The van der Waals surface area contributed by atoms with Crippen molar-refractivity contribution < 1.29 is 0 Å². The number of aromatic nitrogens is 1. The van der Waals surface area contributed by atoms with Crippen LogP contribution in [0.5, 0.6) is 0 Å². The minimum atomic E-state index is 0.564. The molecule has 3 heteroatoms. The van der Waals surface area contributed by atoms with Crippen LogP contribution in [0.15, 0.2) is 18.5 Å². The van der Waals surface area contributed by atoms with Crippen LogP contribution >= 0.6 is 11.6 Å². The lowest BCUT2D eigenvalue weighted by Gasteiger charge is -2.21. The first-order valence-electron chi connectivity index (χ1n) is 5.97. The Morgan fingerprint density at radius 1 is 1.44 bits per heavy atom. The predicted molar refractivity (Wildman–Crippen MR) is 69.9 cm³/mol. The number of rotatable bonds is 6. The summed E-state index contributed by atoms with van der Waals surface area (Å²) in [6.07, 6.45) is 5.65. The summed E-state index contributed by atoms with van der Waals surface area (Å²) in [6, 6.07) is 2.57. The highest BCUT2D eigenvalue weighted by Crippen LogP contribution is 2.17. The van der Waals surface area contributed by atoms with Crippen LogP contribution in [0.4, 0.5) is 0 Å². The molecule has 0 saturated heterocycles. The van der Waals surface area contributed by atoms with E-state index >= 15 is 0 Å². The van der Waals surface area contributed by atoms with Crippen LogP contribution in [0.3, 0.4) is 0 Å². The van der Waals surface area contributed by atoms with E-state index < -0.39 is 0 Å². The summed E-state index contributed by atoms with van der Waals surface area (Å²) in [5, 5.41) is 4.29. The highest BCUT2D eigenvalue weighted by molar-refractivity contribution is 6.31. The standard InChI is InChI=1S/C13H21ClN2/c1-4-16-13(10(2)3)6-5-11-7-8-15-9-12(11)14/h7-10,13,16H,4-6H2,1-3H3. The second-order valence-corrected chi connectivity index (χ2v) is 4.82. The number of nitrogens with zero attached hydrogens (tertiary/aromatic N) is 1. The molecule has 1 N–H and O–H groups in total. The summed E-state index contributed by atoms with van der Waals surface area (Å²) in [5.74, 6) is 0.653. The molecule has 1 rings (SSSR count). The molecular formula is C13H21ClN2. The first kappa shape index (κ1) is 13.5. The fourth-order valence-electron chi connectivity index (χ4n) is 1.85. The Kier molecular flexibility index (Phi) is 5.78. The molecule has 0 aliphatic rings. The summed E-state index contributed by atoms with van der Waals surface area (Å²) < 4.78 is 0. The fourth-order valence-corrected chi connectivity index (χ4v) is 2.06. The van der Waals surface area contributed by atoms with Crippen molar-refractivity contribution in [1.82, 2.24) is 10.3 Å². The molecule has 0 fully saturated rings. The molecule has 16 heavy (non-hydrogen) atoms. The van der Waals surface area contributed by atoms with E-state index in [-0.39, 0.29) is 0 Å². The Hall–Kier alpha value is -0.600. The van der Waals surface area contributed by atoms with Gasteiger partial charge in [0.15, 0.2) is 0 Å². The van der Waals surface area contributed by atoms with Gasteiger partial charge in [0.1, 0.15) is 0 Å². The topological polar surface area (TPSA) is 24.9 Å². The lowest BCUT2D eigenvalue weighted by Crippen LogP contribution is -2.34. The van der Waals surface area contributed by atoms with Crippen LogP contribution in [-0.2, 0) is 6.42 Å². The molecule has 0 amide bonds. The molecule has 1 heterocycles. The zero-order chi connectivity index (χ0) is 12.0. The van der Waals surface area contributed by atoms with E-state index in [0.717, 1.165) is 24.4 Å². The van der Waals surface area contributed by atoms with Crippen molar-refractivity contribution in [1.29, 1.82) is 0 Å². The van der Waals surface area contributed by atoms with E-state index in [4.69, 9.17) is 11.6 Å². The molecule has 2 nitrogen and oxygen atoms in total. The third kappa shape index (κ3) is 4.11. The first-order valence-corrected chi connectivity index (χ1v) is 6.34. The van der Waals surface area contributed by atoms with Crippen molar-refractivity contribution in [2.45, 2.75) is 39.7 Å². The molecule has 90 valence electrons. The molecule has 1 atom stereocenters. The van der Waals surface area contributed by atoms with Crippen molar-refractivity contribution in [2.24, 2.45) is 5.92 Å². The highest BCUT2D eigenvalue weighted by atomic mass is 35.5. The molecule has 0 aliphatic heterocycles. The lowest BCUT2D eigenvalue weighted by molar-refractivity contribution is 0.385. The van der Waals surface area contributed by atoms with Crippen molar-refractivity contribution in [3.63, 3.8) is 0 Å². The van der Waals surface area contributed by atoms with E-state index in [1.165, 1.54) is 5.56 Å². The van der Waals surface area contributed by atoms with Gasteiger partial charge in [0, 0.05) is 18.4 Å². The van der Waals surface area contributed by atoms with Crippen LogP contribution in [0, 0.1) is 5.92 Å². The van der Waals surface area contributed by atoms with Crippen molar-refractivity contribution in [2.75, 3.05) is 6.54 Å². The normalized spacial score (nSPS) is 13.1. The predicted octanol–water partition coefficient (Wildman–Crippen LogP) is 3.30. The Morgan fingerprint density at radius 2 is 2.19 bits per heavy atom. The molecule has 0 radical (unpaired) electrons. The van der Waals surface area contributed by atoms with E-state index in [1.807, 2.05) is 6.07 Å². The Morgan fingerprint density at radius 3 is 2.75 bits per heavy atom. The van der Waals surface area contributed by atoms with Gasteiger partial charge in [-0.15, -0.1) is 0 Å². The van der Waals surface area contributed by atoms with Crippen LogP contribution in [0.2, 0.25) is 5.02 Å². The quantitative estimate of drug-likeness (QED) is 0.825. The van der Waals surface area contributed by atoms with E-state index in [1.54, 1.807) is 12.4 Å². The largest absolute Gasteiger partial charge is 0.314 e. The van der Waals surface area contributed by atoms with Gasteiger partial charge in [0.2, 0.25) is 0 Å². The minimum Gasteiger partial charge on any atom is -0.314 e. The van der Waals surface area contributed by atoms with Gasteiger partial charge in [-0.2, -0.15) is 0 Å². The monoisotopic (exact) mass is 240 g/mol. The zero-order valence-corrected chi connectivity index (χ0v) is 11.1. The van der Waals surface area contributed by atoms with Gasteiger partial charge < -0.3 is 5.32 Å². The lowest BCUT2D eigenvalue weighted by atomic mass is 9.97. The van der Waals surface area contributed by atoms with Crippen LogP contribution in [0.1, 0.15) is 32.8 Å². The van der Waals surface area contributed by atoms with E-state index in [9.17, 15) is 0 Å². The average molecular weight is 241 g/mol. The first-order chi connectivity index (χ1) is 7.65. The molecule has 0 saturated carbocycles.